The van der Waals surface area contributed by atoms with Gasteiger partial charge >= 0.3 is 0 Å². The van der Waals surface area contributed by atoms with Crippen LogP contribution >= 0.6 is 22.9 Å². The predicted octanol–water partition coefficient (Wildman–Crippen LogP) is 6.41. The predicted molar refractivity (Wildman–Crippen MR) is 122 cm³/mol. The minimum absolute atomic E-state index is 0.0350. The second-order valence-electron chi connectivity index (χ2n) is 7.59. The summed E-state index contributed by atoms with van der Waals surface area (Å²) in [6.07, 6.45) is 3.48. The van der Waals surface area contributed by atoms with Crippen molar-refractivity contribution in [2.24, 2.45) is 0 Å². The van der Waals surface area contributed by atoms with Crippen molar-refractivity contribution in [3.8, 4) is 11.1 Å². The number of hydrogen-bond donors (Lipinski definition) is 2. The Kier molecular flexibility index (Phi) is 5.30. The van der Waals surface area contributed by atoms with Gasteiger partial charge in [0.15, 0.2) is 0 Å². The van der Waals surface area contributed by atoms with Crippen LogP contribution in [0.5, 0.6) is 0 Å². The third kappa shape index (κ3) is 4.13. The summed E-state index contributed by atoms with van der Waals surface area (Å²) in [5, 5.41) is 18.2. The monoisotopic (exact) mass is 423 g/mol. The van der Waals surface area contributed by atoms with Crippen molar-refractivity contribution in [3.63, 3.8) is 0 Å². The van der Waals surface area contributed by atoms with E-state index in [0.29, 0.717) is 5.02 Å². The lowest BCUT2D eigenvalue weighted by Crippen LogP contribution is -2.14. The van der Waals surface area contributed by atoms with Gasteiger partial charge in [-0.25, -0.2) is 4.98 Å². The van der Waals surface area contributed by atoms with Crippen molar-refractivity contribution in [1.82, 2.24) is 9.97 Å². The number of nitrogens with one attached hydrogen (secondary N) is 1. The quantitative estimate of drug-likeness (QED) is 0.389. The fourth-order valence-corrected chi connectivity index (χ4v) is 4.14. The summed E-state index contributed by atoms with van der Waals surface area (Å²) in [6, 6.07) is 14.2. The number of nitrogens with zero attached hydrogens (tertiary/aromatic N) is 2. The minimum atomic E-state index is -0.859. The fourth-order valence-electron chi connectivity index (χ4n) is 3.29. The van der Waals surface area contributed by atoms with E-state index in [0.717, 1.165) is 38.3 Å². The largest absolute Gasteiger partial charge is 0.386 e. The van der Waals surface area contributed by atoms with Crippen LogP contribution in [0.4, 0.5) is 5.69 Å². The number of hydrogen-bond acceptors (Lipinski definition) is 5. The number of thiazole rings is 1. The second kappa shape index (κ2) is 7.75. The topological polar surface area (TPSA) is 58.0 Å². The number of aromatic nitrogens is 2. The van der Waals surface area contributed by atoms with E-state index in [1.807, 2.05) is 35.7 Å². The molecule has 1 atom stereocenters. The number of pyridine rings is 1. The van der Waals surface area contributed by atoms with Crippen LogP contribution in [-0.2, 0) is 5.60 Å². The van der Waals surface area contributed by atoms with Gasteiger partial charge in [0, 0.05) is 23.2 Å². The van der Waals surface area contributed by atoms with Crippen LogP contribution in [0.25, 0.3) is 22.0 Å². The molecule has 4 nitrogen and oxygen atoms in total. The number of benzene rings is 2. The Morgan fingerprint density at radius 1 is 1.07 bits per heavy atom. The van der Waals surface area contributed by atoms with Gasteiger partial charge in [0.05, 0.1) is 27.9 Å². The minimum Gasteiger partial charge on any atom is -0.386 e. The molecule has 29 heavy (non-hydrogen) atoms. The number of rotatable bonds is 5. The molecule has 2 heterocycles. The number of aliphatic hydroxyl groups is 1. The normalized spacial score (nSPS) is 12.9. The molecule has 2 aromatic carbocycles. The SMILES string of the molecule is CC(Nc1c(Cl)cnc2ccc(-c3ccc(C(C)(C)O)cc3)cc12)c1nccs1. The van der Waals surface area contributed by atoms with Gasteiger partial charge in [0.1, 0.15) is 5.01 Å². The molecule has 0 amide bonds. The first-order chi connectivity index (χ1) is 13.8. The smallest absolute Gasteiger partial charge is 0.115 e. The summed E-state index contributed by atoms with van der Waals surface area (Å²) in [5.41, 5.74) is 3.89. The van der Waals surface area contributed by atoms with Crippen molar-refractivity contribution >= 4 is 39.5 Å². The lowest BCUT2D eigenvalue weighted by molar-refractivity contribution is 0.0786. The second-order valence-corrected chi connectivity index (χ2v) is 8.92. The standard InChI is InChI=1S/C23H22ClN3OS/c1-14(22-25-10-11-29-22)27-21-18-12-16(6-9-20(18)26-13-19(21)24)15-4-7-17(8-5-15)23(2,3)28/h4-14,28H,1-3H3,(H,26,27). The third-order valence-corrected chi connectivity index (χ3v) is 6.17. The maximum absolute atomic E-state index is 10.2. The zero-order valence-electron chi connectivity index (χ0n) is 16.5. The van der Waals surface area contributed by atoms with E-state index < -0.39 is 5.60 Å². The van der Waals surface area contributed by atoms with Crippen LogP contribution < -0.4 is 5.32 Å². The lowest BCUT2D eigenvalue weighted by Gasteiger charge is -2.18. The van der Waals surface area contributed by atoms with Gasteiger partial charge in [0.25, 0.3) is 0 Å². The van der Waals surface area contributed by atoms with Crippen molar-refractivity contribution < 1.29 is 5.11 Å². The summed E-state index contributed by atoms with van der Waals surface area (Å²) in [6.45, 7) is 5.64. The van der Waals surface area contributed by atoms with Crippen molar-refractivity contribution in [2.45, 2.75) is 32.4 Å². The summed E-state index contributed by atoms with van der Waals surface area (Å²) in [7, 11) is 0. The van der Waals surface area contributed by atoms with Crippen LogP contribution in [0.15, 0.2) is 60.2 Å². The van der Waals surface area contributed by atoms with Gasteiger partial charge in [0.2, 0.25) is 0 Å². The molecule has 0 bridgehead atoms. The molecule has 0 spiro atoms. The van der Waals surface area contributed by atoms with Gasteiger partial charge in [-0.3, -0.25) is 4.98 Å². The molecular formula is C23H22ClN3OS. The Hall–Kier alpha value is -2.47. The molecule has 4 rings (SSSR count). The van der Waals surface area contributed by atoms with Crippen LogP contribution in [-0.4, -0.2) is 15.1 Å². The molecule has 4 aromatic rings. The third-order valence-electron chi connectivity index (χ3n) is 4.93. The molecule has 0 saturated carbocycles. The molecular weight excluding hydrogens is 402 g/mol. The van der Waals surface area contributed by atoms with Crippen molar-refractivity contribution in [3.05, 3.63) is 75.8 Å². The highest BCUT2D eigenvalue weighted by atomic mass is 35.5. The van der Waals surface area contributed by atoms with E-state index >= 15 is 0 Å². The van der Waals surface area contributed by atoms with Gasteiger partial charge in [-0.05, 0) is 49.6 Å². The first kappa shape index (κ1) is 19.8. The van der Waals surface area contributed by atoms with Gasteiger partial charge in [-0.2, -0.15) is 0 Å². The highest BCUT2D eigenvalue weighted by molar-refractivity contribution is 7.09. The maximum Gasteiger partial charge on any atom is 0.115 e. The first-order valence-corrected chi connectivity index (χ1v) is 10.7. The Bertz CT molecular complexity index is 1140. The van der Waals surface area contributed by atoms with E-state index in [4.69, 9.17) is 11.6 Å². The molecule has 0 aliphatic carbocycles. The summed E-state index contributed by atoms with van der Waals surface area (Å²) in [5.74, 6) is 0. The highest BCUT2D eigenvalue weighted by Crippen LogP contribution is 2.35. The number of fused-ring (bicyclic) bond motifs is 1. The van der Waals surface area contributed by atoms with E-state index in [-0.39, 0.29) is 6.04 Å². The van der Waals surface area contributed by atoms with Crippen molar-refractivity contribution in [2.75, 3.05) is 5.32 Å². The summed E-state index contributed by atoms with van der Waals surface area (Å²) >= 11 is 8.12. The summed E-state index contributed by atoms with van der Waals surface area (Å²) in [4.78, 5) is 8.87. The average molecular weight is 424 g/mol. The number of halogens is 1. The van der Waals surface area contributed by atoms with Crippen LogP contribution in [0.1, 0.15) is 37.4 Å². The molecule has 0 saturated heterocycles. The molecule has 1 unspecified atom stereocenters. The molecule has 148 valence electrons. The fraction of sp³-hybridized carbons (Fsp3) is 0.217. The van der Waals surface area contributed by atoms with E-state index in [1.165, 1.54) is 0 Å². The zero-order chi connectivity index (χ0) is 20.6. The molecule has 0 aliphatic rings. The average Bonchev–Trinajstić information content (AvgIpc) is 3.24. The Morgan fingerprint density at radius 3 is 2.45 bits per heavy atom. The molecule has 2 aromatic heterocycles. The van der Waals surface area contributed by atoms with Gasteiger partial charge in [-0.15, -0.1) is 11.3 Å². The molecule has 6 heteroatoms. The number of anilines is 1. The highest BCUT2D eigenvalue weighted by Gasteiger charge is 2.16. The first-order valence-electron chi connectivity index (χ1n) is 9.40. The molecule has 0 aliphatic heterocycles. The van der Waals surface area contributed by atoms with Gasteiger partial charge in [-0.1, -0.05) is 41.9 Å². The Balaban J connectivity index is 1.74. The molecule has 0 radical (unpaired) electrons. The maximum atomic E-state index is 10.2. The molecule has 2 N–H and O–H groups in total. The van der Waals surface area contributed by atoms with Crippen LogP contribution in [0.3, 0.4) is 0 Å². The van der Waals surface area contributed by atoms with E-state index in [1.54, 1.807) is 37.6 Å². The Morgan fingerprint density at radius 2 is 1.79 bits per heavy atom. The van der Waals surface area contributed by atoms with E-state index in [2.05, 4.69) is 34.3 Å². The van der Waals surface area contributed by atoms with Gasteiger partial charge < -0.3 is 10.4 Å². The summed E-state index contributed by atoms with van der Waals surface area (Å²) < 4.78 is 0. The van der Waals surface area contributed by atoms with Crippen LogP contribution in [0, 0.1) is 0 Å². The molecule has 0 fully saturated rings. The Labute approximate surface area is 179 Å². The van der Waals surface area contributed by atoms with E-state index in [9.17, 15) is 5.11 Å². The van der Waals surface area contributed by atoms with Crippen LogP contribution in [0.2, 0.25) is 5.02 Å². The lowest BCUT2D eigenvalue weighted by atomic mass is 9.95. The zero-order valence-corrected chi connectivity index (χ0v) is 18.1. The van der Waals surface area contributed by atoms with Crippen molar-refractivity contribution in [1.29, 1.82) is 0 Å².